The van der Waals surface area contributed by atoms with Gasteiger partial charge >= 0.3 is 5.97 Å². The minimum atomic E-state index is -0.0892. The number of methoxy groups -OCH3 is 1. The maximum absolute atomic E-state index is 10.7. The summed E-state index contributed by atoms with van der Waals surface area (Å²) >= 11 is 0. The molecule has 1 atom stereocenters. The van der Waals surface area contributed by atoms with E-state index in [9.17, 15) is 4.79 Å². The Morgan fingerprint density at radius 1 is 1.58 bits per heavy atom. The fourth-order valence-electron chi connectivity index (χ4n) is 1.21. The Morgan fingerprint density at radius 2 is 2.25 bits per heavy atom. The summed E-state index contributed by atoms with van der Waals surface area (Å²) in [4.78, 5) is 10.7. The quantitative estimate of drug-likeness (QED) is 0.700. The third-order valence-corrected chi connectivity index (χ3v) is 1.85. The zero-order chi connectivity index (χ0) is 7.40. The van der Waals surface area contributed by atoms with Crippen molar-refractivity contribution in [1.82, 2.24) is 5.32 Å². The summed E-state index contributed by atoms with van der Waals surface area (Å²) in [6.45, 7) is 2.01. The molecule has 12 heavy (non-hydrogen) atoms. The predicted molar refractivity (Wildman–Crippen MR) is 52.1 cm³/mol. The van der Waals surface area contributed by atoms with Crippen LogP contribution in [0.15, 0.2) is 0 Å². The smallest absolute Gasteiger partial charge is 0.305 e. The Bertz CT molecular complexity index is 127. The maximum atomic E-state index is 10.7. The average molecular weight is 216 g/mol. The number of carbonyl (C=O) groups is 1. The molecule has 0 aromatic rings. The average Bonchev–Trinajstić information content (AvgIpc) is 2.40. The number of hydrogen-bond acceptors (Lipinski definition) is 3. The Labute approximate surface area is 85.1 Å². The van der Waals surface area contributed by atoms with Gasteiger partial charge in [0.25, 0.3) is 0 Å². The largest absolute Gasteiger partial charge is 0.469 e. The van der Waals surface area contributed by atoms with Crippen molar-refractivity contribution in [1.29, 1.82) is 0 Å². The lowest BCUT2D eigenvalue weighted by atomic mass is 10.1. The van der Waals surface area contributed by atoms with Gasteiger partial charge in [0, 0.05) is 6.42 Å². The second-order valence-electron chi connectivity index (χ2n) is 2.64. The minimum Gasteiger partial charge on any atom is -0.469 e. The van der Waals surface area contributed by atoms with E-state index in [0.717, 1.165) is 19.5 Å². The summed E-state index contributed by atoms with van der Waals surface area (Å²) in [5, 5.41) is 3.19. The molecule has 0 aromatic heterocycles. The topological polar surface area (TPSA) is 38.3 Å². The SMILES string of the molecule is COC(=O)CC1CCNC1.Cl.Cl. The van der Waals surface area contributed by atoms with Gasteiger partial charge in [-0.3, -0.25) is 4.79 Å². The van der Waals surface area contributed by atoms with Crippen LogP contribution in [-0.4, -0.2) is 26.2 Å². The number of esters is 1. The predicted octanol–water partition coefficient (Wildman–Crippen LogP) is 1.00. The van der Waals surface area contributed by atoms with Gasteiger partial charge in [-0.2, -0.15) is 0 Å². The summed E-state index contributed by atoms with van der Waals surface area (Å²) in [5.74, 6) is 0.418. The molecule has 1 rings (SSSR count). The van der Waals surface area contributed by atoms with Crippen molar-refractivity contribution >= 4 is 30.8 Å². The minimum absolute atomic E-state index is 0. The molecule has 1 N–H and O–H groups in total. The van der Waals surface area contributed by atoms with Crippen LogP contribution in [0.25, 0.3) is 0 Å². The van der Waals surface area contributed by atoms with Gasteiger partial charge in [-0.15, -0.1) is 24.8 Å². The van der Waals surface area contributed by atoms with Crippen molar-refractivity contribution in [2.45, 2.75) is 12.8 Å². The van der Waals surface area contributed by atoms with E-state index in [2.05, 4.69) is 10.1 Å². The fraction of sp³-hybridized carbons (Fsp3) is 0.857. The molecule has 1 aliphatic rings. The van der Waals surface area contributed by atoms with Crippen molar-refractivity contribution in [3.05, 3.63) is 0 Å². The van der Waals surface area contributed by atoms with E-state index in [4.69, 9.17) is 0 Å². The highest BCUT2D eigenvalue weighted by atomic mass is 35.5. The van der Waals surface area contributed by atoms with Gasteiger partial charge in [0.1, 0.15) is 0 Å². The Morgan fingerprint density at radius 3 is 2.67 bits per heavy atom. The molecule has 0 saturated carbocycles. The molecule has 0 amide bonds. The molecule has 0 spiro atoms. The molecular formula is C7H15Cl2NO2. The normalized spacial score (nSPS) is 20.6. The zero-order valence-electron chi connectivity index (χ0n) is 7.04. The number of carbonyl (C=O) groups excluding carboxylic acids is 1. The first-order chi connectivity index (χ1) is 4.83. The van der Waals surface area contributed by atoms with Crippen molar-refractivity contribution in [3.8, 4) is 0 Å². The van der Waals surface area contributed by atoms with E-state index in [1.54, 1.807) is 0 Å². The molecule has 0 aromatic carbocycles. The van der Waals surface area contributed by atoms with E-state index in [0.29, 0.717) is 12.3 Å². The monoisotopic (exact) mass is 215 g/mol. The van der Waals surface area contributed by atoms with Crippen molar-refractivity contribution in [2.75, 3.05) is 20.2 Å². The second kappa shape index (κ2) is 7.65. The molecule has 1 heterocycles. The lowest BCUT2D eigenvalue weighted by molar-refractivity contribution is -0.141. The lowest BCUT2D eigenvalue weighted by Gasteiger charge is -2.04. The third kappa shape index (κ3) is 4.80. The highest BCUT2D eigenvalue weighted by Gasteiger charge is 2.17. The Balaban J connectivity index is 0. The third-order valence-electron chi connectivity index (χ3n) is 1.85. The van der Waals surface area contributed by atoms with Gasteiger partial charge in [-0.1, -0.05) is 0 Å². The van der Waals surface area contributed by atoms with Crippen molar-refractivity contribution in [3.63, 3.8) is 0 Å². The van der Waals surface area contributed by atoms with Crippen LogP contribution < -0.4 is 5.32 Å². The molecule has 3 nitrogen and oxygen atoms in total. The first-order valence-corrected chi connectivity index (χ1v) is 3.60. The van der Waals surface area contributed by atoms with Gasteiger partial charge in [-0.25, -0.2) is 0 Å². The summed E-state index contributed by atoms with van der Waals surface area (Å²) in [6.07, 6.45) is 1.68. The lowest BCUT2D eigenvalue weighted by Crippen LogP contribution is -2.13. The summed E-state index contributed by atoms with van der Waals surface area (Å²) < 4.78 is 4.55. The van der Waals surface area contributed by atoms with E-state index in [1.165, 1.54) is 7.11 Å². The number of halogens is 2. The Kier molecular flexibility index (Phi) is 9.26. The van der Waals surface area contributed by atoms with Gasteiger partial charge < -0.3 is 10.1 Å². The van der Waals surface area contributed by atoms with E-state index in [-0.39, 0.29) is 30.8 Å². The molecule has 0 bridgehead atoms. The van der Waals surface area contributed by atoms with E-state index >= 15 is 0 Å². The Hall–Kier alpha value is 0.01000. The van der Waals surface area contributed by atoms with Gasteiger partial charge in [-0.05, 0) is 25.4 Å². The molecule has 74 valence electrons. The van der Waals surface area contributed by atoms with Crippen LogP contribution in [0.5, 0.6) is 0 Å². The molecule has 0 radical (unpaired) electrons. The van der Waals surface area contributed by atoms with Crippen molar-refractivity contribution < 1.29 is 9.53 Å². The molecule has 0 aliphatic carbocycles. The van der Waals surface area contributed by atoms with E-state index in [1.807, 2.05) is 0 Å². The highest BCUT2D eigenvalue weighted by molar-refractivity contribution is 5.85. The molecular weight excluding hydrogens is 201 g/mol. The molecule has 1 saturated heterocycles. The van der Waals surface area contributed by atoms with Gasteiger partial charge in [0.2, 0.25) is 0 Å². The zero-order valence-corrected chi connectivity index (χ0v) is 8.67. The fourth-order valence-corrected chi connectivity index (χ4v) is 1.21. The van der Waals surface area contributed by atoms with Gasteiger partial charge in [0.15, 0.2) is 0 Å². The molecule has 1 aliphatic heterocycles. The molecule has 1 unspecified atom stereocenters. The summed E-state index contributed by atoms with van der Waals surface area (Å²) in [5.41, 5.74) is 0. The second-order valence-corrected chi connectivity index (χ2v) is 2.64. The highest BCUT2D eigenvalue weighted by Crippen LogP contribution is 2.11. The van der Waals surface area contributed by atoms with Crippen LogP contribution in [-0.2, 0) is 9.53 Å². The first-order valence-electron chi connectivity index (χ1n) is 3.60. The van der Waals surface area contributed by atoms with Crippen LogP contribution >= 0.6 is 24.8 Å². The molecule has 5 heteroatoms. The maximum Gasteiger partial charge on any atom is 0.305 e. The van der Waals surface area contributed by atoms with Crippen molar-refractivity contribution in [2.24, 2.45) is 5.92 Å². The van der Waals surface area contributed by atoms with Crippen LogP contribution in [0, 0.1) is 5.92 Å². The number of hydrogen-bond donors (Lipinski definition) is 1. The number of rotatable bonds is 2. The summed E-state index contributed by atoms with van der Waals surface area (Å²) in [6, 6.07) is 0. The van der Waals surface area contributed by atoms with Crippen LogP contribution in [0.3, 0.4) is 0 Å². The standard InChI is InChI=1S/C7H13NO2.2ClH/c1-10-7(9)4-6-2-3-8-5-6;;/h6,8H,2-5H2,1H3;2*1H. The van der Waals surface area contributed by atoms with Gasteiger partial charge in [0.05, 0.1) is 7.11 Å². The van der Waals surface area contributed by atoms with E-state index < -0.39 is 0 Å². The van der Waals surface area contributed by atoms with Crippen LogP contribution in [0.1, 0.15) is 12.8 Å². The number of ether oxygens (including phenoxy) is 1. The summed E-state index contributed by atoms with van der Waals surface area (Å²) in [7, 11) is 1.44. The first kappa shape index (κ1) is 14.5. The molecule has 1 fully saturated rings. The van der Waals surface area contributed by atoms with Crippen LogP contribution in [0.2, 0.25) is 0 Å². The number of nitrogens with one attached hydrogen (secondary N) is 1. The van der Waals surface area contributed by atoms with Crippen LogP contribution in [0.4, 0.5) is 0 Å².